The maximum absolute atomic E-state index is 11.7. The van der Waals surface area contributed by atoms with Crippen LogP contribution in [0, 0.1) is 0 Å². The van der Waals surface area contributed by atoms with Crippen LogP contribution in [0.4, 0.5) is 0 Å². The molecule has 0 aliphatic rings. The molecule has 0 heterocycles. The molecular formula is C12H14ClNO2S. The van der Waals surface area contributed by atoms with E-state index in [0.29, 0.717) is 4.91 Å². The lowest BCUT2D eigenvalue weighted by molar-refractivity contribution is -0.123. The Balaban J connectivity index is 2.78. The summed E-state index contributed by atoms with van der Waals surface area (Å²) in [5, 5.41) is 0. The summed E-state index contributed by atoms with van der Waals surface area (Å²) in [5.74, 6) is 0.672. The molecule has 0 atom stereocenters. The predicted octanol–water partition coefficient (Wildman–Crippen LogP) is 2.96. The molecule has 0 fully saturated rings. The number of amides is 1. The average molecular weight is 272 g/mol. The summed E-state index contributed by atoms with van der Waals surface area (Å²) in [6.45, 7) is 0. The molecule has 0 N–H and O–H groups in total. The summed E-state index contributed by atoms with van der Waals surface area (Å²) in [4.78, 5) is 14.6. The van der Waals surface area contributed by atoms with Crippen LogP contribution in [0.15, 0.2) is 39.6 Å². The van der Waals surface area contributed by atoms with Gasteiger partial charge in [-0.1, -0.05) is 23.4 Å². The van der Waals surface area contributed by atoms with Crippen molar-refractivity contribution in [2.24, 2.45) is 0 Å². The van der Waals surface area contributed by atoms with Crippen LogP contribution in [0.3, 0.4) is 0 Å². The van der Waals surface area contributed by atoms with Gasteiger partial charge >= 0.3 is 0 Å². The summed E-state index contributed by atoms with van der Waals surface area (Å²) in [6.07, 6.45) is 0. The summed E-state index contributed by atoms with van der Waals surface area (Å²) in [6, 6.07) is 7.45. The Morgan fingerprint density at radius 1 is 1.35 bits per heavy atom. The van der Waals surface area contributed by atoms with Crippen LogP contribution in [0.2, 0.25) is 0 Å². The smallest absolute Gasteiger partial charge is 0.261 e. The Hall–Kier alpha value is -1.13. The normalized spacial score (nSPS) is 11.2. The second-order valence-corrected chi connectivity index (χ2v) is 4.78. The molecule has 0 spiro atoms. The third-order valence-electron chi connectivity index (χ3n) is 2.00. The zero-order valence-electron chi connectivity index (χ0n) is 9.94. The molecule has 5 heteroatoms. The Labute approximate surface area is 110 Å². The third kappa shape index (κ3) is 3.98. The van der Waals surface area contributed by atoms with Crippen LogP contribution in [-0.2, 0) is 4.79 Å². The summed E-state index contributed by atoms with van der Waals surface area (Å²) in [5.41, 5.74) is 1.30. The van der Waals surface area contributed by atoms with Gasteiger partial charge in [0, 0.05) is 24.5 Å². The highest BCUT2D eigenvalue weighted by Crippen LogP contribution is 2.29. The zero-order chi connectivity index (χ0) is 12.8. The molecule has 1 amide bonds. The number of carbonyl (C=O) groups excluding carboxylic acids is 1. The molecule has 0 aromatic heterocycles. The van der Waals surface area contributed by atoms with Crippen LogP contribution in [0.25, 0.3) is 0 Å². The second-order valence-electron chi connectivity index (χ2n) is 3.45. The fourth-order valence-corrected chi connectivity index (χ4v) is 2.17. The van der Waals surface area contributed by atoms with E-state index in [1.54, 1.807) is 21.2 Å². The molecule has 1 aromatic carbocycles. The Bertz CT molecular complexity index is 415. The van der Waals surface area contributed by atoms with E-state index in [4.69, 9.17) is 16.3 Å². The van der Waals surface area contributed by atoms with Crippen molar-refractivity contribution in [2.45, 2.75) is 4.90 Å². The minimum atomic E-state index is -0.110. The van der Waals surface area contributed by atoms with Gasteiger partial charge in [0.2, 0.25) is 0 Å². The number of hydrogen-bond acceptors (Lipinski definition) is 3. The van der Waals surface area contributed by atoms with E-state index in [2.05, 4.69) is 0 Å². The Kier molecular flexibility index (Phi) is 5.38. The van der Waals surface area contributed by atoms with Crippen molar-refractivity contribution in [1.29, 1.82) is 0 Å². The highest BCUT2D eigenvalue weighted by Gasteiger charge is 2.12. The van der Waals surface area contributed by atoms with Gasteiger partial charge in [0.1, 0.15) is 5.75 Å². The summed E-state index contributed by atoms with van der Waals surface area (Å²) < 4.78 is 5.06. The standard InChI is InChI=1S/C12H14ClNO2S/c1-14(2)12(15)11(8-13)17-10-6-4-9(16-3)5-7-10/h4-8H,1-3H3/b11-8+. The first-order valence-electron chi connectivity index (χ1n) is 4.92. The molecule has 0 aliphatic carbocycles. The molecule has 1 aromatic rings. The van der Waals surface area contributed by atoms with Crippen LogP contribution in [0.5, 0.6) is 5.75 Å². The second kappa shape index (κ2) is 6.57. The fourth-order valence-electron chi connectivity index (χ4n) is 1.10. The van der Waals surface area contributed by atoms with Crippen LogP contribution in [-0.4, -0.2) is 32.0 Å². The number of hydrogen-bond donors (Lipinski definition) is 0. The highest BCUT2D eigenvalue weighted by molar-refractivity contribution is 8.04. The van der Waals surface area contributed by atoms with Crippen molar-refractivity contribution < 1.29 is 9.53 Å². The molecule has 3 nitrogen and oxygen atoms in total. The minimum absolute atomic E-state index is 0.110. The van der Waals surface area contributed by atoms with E-state index >= 15 is 0 Å². The van der Waals surface area contributed by atoms with Crippen molar-refractivity contribution in [3.63, 3.8) is 0 Å². The third-order valence-corrected chi connectivity index (χ3v) is 3.37. The van der Waals surface area contributed by atoms with Gasteiger partial charge in [-0.3, -0.25) is 4.79 Å². The first-order valence-corrected chi connectivity index (χ1v) is 6.17. The first kappa shape index (κ1) is 13.9. The lowest BCUT2D eigenvalue weighted by atomic mass is 10.3. The average Bonchev–Trinajstić information content (AvgIpc) is 2.35. The molecule has 0 aliphatic heterocycles. The van der Waals surface area contributed by atoms with Gasteiger partial charge < -0.3 is 9.64 Å². The van der Waals surface area contributed by atoms with E-state index in [0.717, 1.165) is 10.6 Å². The zero-order valence-corrected chi connectivity index (χ0v) is 11.5. The molecule has 0 radical (unpaired) electrons. The molecule has 17 heavy (non-hydrogen) atoms. The number of nitrogens with zero attached hydrogens (tertiary/aromatic N) is 1. The molecule has 0 saturated heterocycles. The van der Waals surface area contributed by atoms with Gasteiger partial charge in [0.15, 0.2) is 0 Å². The van der Waals surface area contributed by atoms with Gasteiger partial charge in [-0.25, -0.2) is 0 Å². The molecule has 0 unspecified atom stereocenters. The van der Waals surface area contributed by atoms with Gasteiger partial charge in [-0.2, -0.15) is 0 Å². The van der Waals surface area contributed by atoms with Gasteiger partial charge in [-0.05, 0) is 24.3 Å². The van der Waals surface area contributed by atoms with Crippen molar-refractivity contribution in [2.75, 3.05) is 21.2 Å². The lowest BCUT2D eigenvalue weighted by Gasteiger charge is -2.12. The molecule has 1 rings (SSSR count). The van der Waals surface area contributed by atoms with Gasteiger partial charge in [0.25, 0.3) is 5.91 Å². The molecular weight excluding hydrogens is 258 g/mol. The largest absolute Gasteiger partial charge is 0.497 e. The van der Waals surface area contributed by atoms with Crippen LogP contribution >= 0.6 is 23.4 Å². The number of halogens is 1. The van der Waals surface area contributed by atoms with E-state index in [1.165, 1.54) is 22.2 Å². The number of rotatable bonds is 4. The molecule has 0 saturated carbocycles. The monoisotopic (exact) mass is 271 g/mol. The van der Waals surface area contributed by atoms with E-state index in [9.17, 15) is 4.79 Å². The fraction of sp³-hybridized carbons (Fsp3) is 0.250. The number of thioether (sulfide) groups is 1. The van der Waals surface area contributed by atoms with Crippen molar-refractivity contribution in [3.05, 3.63) is 34.7 Å². The van der Waals surface area contributed by atoms with Crippen molar-refractivity contribution in [3.8, 4) is 5.75 Å². The topological polar surface area (TPSA) is 29.5 Å². The Morgan fingerprint density at radius 3 is 2.35 bits per heavy atom. The van der Waals surface area contributed by atoms with Crippen LogP contribution < -0.4 is 4.74 Å². The van der Waals surface area contributed by atoms with E-state index in [1.807, 2.05) is 24.3 Å². The maximum Gasteiger partial charge on any atom is 0.261 e. The highest BCUT2D eigenvalue weighted by atomic mass is 35.5. The van der Waals surface area contributed by atoms with Gasteiger partial charge in [-0.15, -0.1) is 0 Å². The van der Waals surface area contributed by atoms with Gasteiger partial charge in [0.05, 0.1) is 12.0 Å². The van der Waals surface area contributed by atoms with E-state index in [-0.39, 0.29) is 5.91 Å². The Morgan fingerprint density at radius 2 is 1.94 bits per heavy atom. The SMILES string of the molecule is COc1ccc(S/C(=C/Cl)C(=O)N(C)C)cc1. The number of benzene rings is 1. The summed E-state index contributed by atoms with van der Waals surface area (Å²) >= 11 is 6.99. The van der Waals surface area contributed by atoms with E-state index < -0.39 is 0 Å². The minimum Gasteiger partial charge on any atom is -0.497 e. The predicted molar refractivity (Wildman–Crippen MR) is 71.5 cm³/mol. The number of methoxy groups -OCH3 is 1. The van der Waals surface area contributed by atoms with Crippen molar-refractivity contribution in [1.82, 2.24) is 4.90 Å². The van der Waals surface area contributed by atoms with Crippen LogP contribution in [0.1, 0.15) is 0 Å². The lowest BCUT2D eigenvalue weighted by Crippen LogP contribution is -2.22. The van der Waals surface area contributed by atoms with Crippen molar-refractivity contribution >= 4 is 29.3 Å². The molecule has 0 bridgehead atoms. The maximum atomic E-state index is 11.7. The number of likely N-dealkylation sites (N-methyl/N-ethyl adjacent to an activating group) is 1. The summed E-state index contributed by atoms with van der Waals surface area (Å²) in [7, 11) is 5.00. The number of carbonyl (C=O) groups is 1. The quantitative estimate of drug-likeness (QED) is 0.623. The first-order chi connectivity index (χ1) is 8.08. The molecule has 92 valence electrons. The number of ether oxygens (including phenoxy) is 1.